The van der Waals surface area contributed by atoms with E-state index in [0.717, 1.165) is 38.0 Å². The summed E-state index contributed by atoms with van der Waals surface area (Å²) in [5.41, 5.74) is 7.79. The average Bonchev–Trinajstić information content (AvgIpc) is 2.75. The molecule has 0 bridgehead atoms. The summed E-state index contributed by atoms with van der Waals surface area (Å²) >= 11 is 0. The lowest BCUT2D eigenvalue weighted by Crippen LogP contribution is -2.24. The second-order valence-electron chi connectivity index (χ2n) is 4.81. The zero-order chi connectivity index (χ0) is 13.7. The van der Waals surface area contributed by atoms with Crippen molar-refractivity contribution in [3.05, 3.63) is 52.7 Å². The molecule has 0 saturated heterocycles. The van der Waals surface area contributed by atoms with Crippen LogP contribution in [-0.2, 0) is 19.5 Å². The molecule has 4 nitrogen and oxygen atoms in total. The summed E-state index contributed by atoms with van der Waals surface area (Å²) < 4.78 is 3.55. The minimum atomic E-state index is 0.0964. The van der Waals surface area contributed by atoms with Crippen molar-refractivity contribution in [2.45, 2.75) is 39.3 Å². The Bertz CT molecular complexity index is 566. The number of nitrogen functional groups attached to an aromatic ring is 1. The molecule has 102 valence electrons. The van der Waals surface area contributed by atoms with Crippen LogP contribution in [0.15, 0.2) is 41.5 Å². The first-order valence-corrected chi connectivity index (χ1v) is 6.80. The maximum Gasteiger partial charge on any atom is 0.328 e. The second-order valence-corrected chi connectivity index (χ2v) is 4.81. The lowest BCUT2D eigenvalue weighted by atomic mass is 10.1. The molecule has 0 saturated carbocycles. The monoisotopic (exact) mass is 259 g/mol. The molecule has 2 rings (SSSR count). The van der Waals surface area contributed by atoms with Crippen LogP contribution in [0.3, 0.4) is 0 Å². The molecule has 1 heterocycles. The first kappa shape index (κ1) is 13.5. The van der Waals surface area contributed by atoms with Crippen molar-refractivity contribution in [1.29, 1.82) is 0 Å². The molecule has 0 spiro atoms. The molecule has 0 unspecified atom stereocenters. The number of rotatable bonds is 6. The fourth-order valence-corrected chi connectivity index (χ4v) is 2.17. The van der Waals surface area contributed by atoms with Gasteiger partial charge in [0.1, 0.15) is 0 Å². The van der Waals surface area contributed by atoms with Crippen LogP contribution >= 0.6 is 0 Å². The van der Waals surface area contributed by atoms with Crippen LogP contribution in [0.5, 0.6) is 0 Å². The van der Waals surface area contributed by atoms with E-state index in [9.17, 15) is 4.79 Å². The minimum Gasteiger partial charge on any atom is -0.399 e. The molecule has 0 atom stereocenters. The number of nitrogens with two attached hydrogens (primary N) is 1. The molecule has 4 heteroatoms. The summed E-state index contributed by atoms with van der Waals surface area (Å²) in [4.78, 5) is 12.0. The lowest BCUT2D eigenvalue weighted by molar-refractivity contribution is 0.581. The van der Waals surface area contributed by atoms with Gasteiger partial charge in [0.2, 0.25) is 0 Å². The van der Waals surface area contributed by atoms with Crippen molar-refractivity contribution in [1.82, 2.24) is 9.13 Å². The summed E-state index contributed by atoms with van der Waals surface area (Å²) in [6.07, 6.45) is 6.65. The third-order valence-corrected chi connectivity index (χ3v) is 3.23. The van der Waals surface area contributed by atoms with Crippen molar-refractivity contribution in [3.63, 3.8) is 0 Å². The fourth-order valence-electron chi connectivity index (χ4n) is 2.17. The highest BCUT2D eigenvalue weighted by Crippen LogP contribution is 2.08. The van der Waals surface area contributed by atoms with Crippen molar-refractivity contribution in [3.8, 4) is 0 Å². The predicted molar refractivity (Wildman–Crippen MR) is 78.2 cm³/mol. The third kappa shape index (κ3) is 3.50. The van der Waals surface area contributed by atoms with Gasteiger partial charge in [0.25, 0.3) is 0 Å². The van der Waals surface area contributed by atoms with Crippen LogP contribution in [-0.4, -0.2) is 9.13 Å². The van der Waals surface area contributed by atoms with Crippen molar-refractivity contribution in [2.24, 2.45) is 0 Å². The number of anilines is 1. The molecular formula is C15H21N3O. The van der Waals surface area contributed by atoms with Gasteiger partial charge < -0.3 is 5.73 Å². The van der Waals surface area contributed by atoms with E-state index in [-0.39, 0.29) is 5.69 Å². The maximum absolute atomic E-state index is 12.0. The van der Waals surface area contributed by atoms with E-state index in [4.69, 9.17) is 5.73 Å². The van der Waals surface area contributed by atoms with Crippen LogP contribution < -0.4 is 11.4 Å². The minimum absolute atomic E-state index is 0.0964. The molecule has 1 aromatic carbocycles. The SMILES string of the molecule is CCCn1ccn(CCCc2ccc(N)cc2)c1=O. The van der Waals surface area contributed by atoms with Gasteiger partial charge in [-0.2, -0.15) is 0 Å². The molecule has 19 heavy (non-hydrogen) atoms. The Labute approximate surface area is 113 Å². The number of nitrogens with zero attached hydrogens (tertiary/aromatic N) is 2. The van der Waals surface area contributed by atoms with E-state index in [0.29, 0.717) is 0 Å². The Morgan fingerprint density at radius 1 is 1.05 bits per heavy atom. The van der Waals surface area contributed by atoms with Crippen LogP contribution in [0.2, 0.25) is 0 Å². The second kappa shape index (κ2) is 6.27. The maximum atomic E-state index is 12.0. The average molecular weight is 259 g/mol. The number of aromatic nitrogens is 2. The highest BCUT2D eigenvalue weighted by molar-refractivity contribution is 5.39. The molecule has 2 aromatic rings. The Hall–Kier alpha value is -1.97. The molecule has 0 fully saturated rings. The van der Waals surface area contributed by atoms with Crippen LogP contribution in [0.25, 0.3) is 0 Å². The van der Waals surface area contributed by atoms with Crippen molar-refractivity contribution < 1.29 is 0 Å². The largest absolute Gasteiger partial charge is 0.399 e. The molecule has 0 aliphatic carbocycles. The predicted octanol–water partition coefficient (Wildman–Crippen LogP) is 2.27. The first-order chi connectivity index (χ1) is 9.20. The van der Waals surface area contributed by atoms with E-state index in [1.54, 1.807) is 9.13 Å². The van der Waals surface area contributed by atoms with E-state index in [2.05, 4.69) is 6.92 Å². The Morgan fingerprint density at radius 2 is 1.68 bits per heavy atom. The summed E-state index contributed by atoms with van der Waals surface area (Å²) in [7, 11) is 0. The summed E-state index contributed by atoms with van der Waals surface area (Å²) in [5, 5.41) is 0. The molecule has 1 aromatic heterocycles. The Kier molecular flexibility index (Phi) is 4.44. The van der Waals surface area contributed by atoms with Crippen molar-refractivity contribution >= 4 is 5.69 Å². The number of hydrogen-bond acceptors (Lipinski definition) is 2. The third-order valence-electron chi connectivity index (χ3n) is 3.23. The fraction of sp³-hybridized carbons (Fsp3) is 0.400. The Balaban J connectivity index is 1.89. The normalized spacial score (nSPS) is 10.8. The summed E-state index contributed by atoms with van der Waals surface area (Å²) in [6.45, 7) is 3.63. The van der Waals surface area contributed by atoms with Gasteiger partial charge >= 0.3 is 5.69 Å². The Morgan fingerprint density at radius 3 is 2.32 bits per heavy atom. The van der Waals surface area contributed by atoms with Gasteiger partial charge in [-0.1, -0.05) is 19.1 Å². The topological polar surface area (TPSA) is 52.9 Å². The molecule has 0 amide bonds. The molecular weight excluding hydrogens is 238 g/mol. The zero-order valence-corrected chi connectivity index (χ0v) is 11.4. The zero-order valence-electron chi connectivity index (χ0n) is 11.4. The smallest absolute Gasteiger partial charge is 0.328 e. The van der Waals surface area contributed by atoms with Crippen LogP contribution in [0.1, 0.15) is 25.3 Å². The van der Waals surface area contributed by atoms with E-state index >= 15 is 0 Å². The van der Waals surface area contributed by atoms with Crippen LogP contribution in [0, 0.1) is 0 Å². The first-order valence-electron chi connectivity index (χ1n) is 6.80. The molecule has 0 aliphatic heterocycles. The molecule has 2 N–H and O–H groups in total. The number of imidazole rings is 1. The molecule has 0 aliphatic rings. The van der Waals surface area contributed by atoms with E-state index in [1.807, 2.05) is 36.7 Å². The van der Waals surface area contributed by atoms with E-state index < -0.39 is 0 Å². The van der Waals surface area contributed by atoms with Gasteiger partial charge in [-0.15, -0.1) is 0 Å². The van der Waals surface area contributed by atoms with Gasteiger partial charge in [-0.25, -0.2) is 4.79 Å². The van der Waals surface area contributed by atoms with Gasteiger partial charge in [0.15, 0.2) is 0 Å². The highest BCUT2D eigenvalue weighted by atomic mass is 16.1. The molecule has 0 radical (unpaired) electrons. The summed E-state index contributed by atoms with van der Waals surface area (Å²) in [6, 6.07) is 7.92. The van der Waals surface area contributed by atoms with Gasteiger partial charge in [-0.3, -0.25) is 9.13 Å². The van der Waals surface area contributed by atoms with Gasteiger partial charge in [0, 0.05) is 31.2 Å². The van der Waals surface area contributed by atoms with Gasteiger partial charge in [-0.05, 0) is 37.0 Å². The quantitative estimate of drug-likeness (QED) is 0.809. The summed E-state index contributed by atoms with van der Waals surface area (Å²) in [5.74, 6) is 0. The highest BCUT2D eigenvalue weighted by Gasteiger charge is 2.02. The number of aryl methyl sites for hydroxylation is 3. The number of hydrogen-bond donors (Lipinski definition) is 1. The van der Waals surface area contributed by atoms with Crippen LogP contribution in [0.4, 0.5) is 5.69 Å². The van der Waals surface area contributed by atoms with E-state index in [1.165, 1.54) is 5.56 Å². The lowest BCUT2D eigenvalue weighted by Gasteiger charge is -2.03. The van der Waals surface area contributed by atoms with Crippen molar-refractivity contribution in [2.75, 3.05) is 5.73 Å². The standard InChI is InChI=1S/C15H21N3O/c1-2-9-17-11-12-18(15(17)19)10-3-4-13-5-7-14(16)8-6-13/h5-8,11-12H,2-4,9-10,16H2,1H3. The number of benzene rings is 1. The van der Waals surface area contributed by atoms with Gasteiger partial charge in [0.05, 0.1) is 0 Å².